The number of hydrogen-bond acceptors (Lipinski definition) is 2. The number of carbonyl (C=O) groups excluding carboxylic acids is 1. The molecule has 1 aliphatic rings. The van der Waals surface area contributed by atoms with Crippen LogP contribution in [0.25, 0.3) is 0 Å². The van der Waals surface area contributed by atoms with Crippen LogP contribution in [-0.4, -0.2) is 12.5 Å². The summed E-state index contributed by atoms with van der Waals surface area (Å²) in [4.78, 5) is 11.9. The van der Waals surface area contributed by atoms with E-state index in [4.69, 9.17) is 4.74 Å². The minimum Gasteiger partial charge on any atom is -0.494 e. The third kappa shape index (κ3) is 4.27. The highest BCUT2D eigenvalue weighted by Gasteiger charge is 2.21. The van der Waals surface area contributed by atoms with Crippen LogP contribution in [0, 0.1) is 5.92 Å². The Morgan fingerprint density at radius 2 is 1.95 bits per heavy atom. The molecule has 3 nitrogen and oxygen atoms in total. The molecule has 0 atom stereocenters. The fraction of sp³-hybridized carbons (Fsp3) is 0.562. The maximum atomic E-state index is 11.9. The van der Waals surface area contributed by atoms with Crippen molar-refractivity contribution in [3.05, 3.63) is 29.8 Å². The predicted octanol–water partition coefficient (Wildman–Crippen LogP) is 3.28. The van der Waals surface area contributed by atoms with Gasteiger partial charge in [0.1, 0.15) is 5.75 Å². The van der Waals surface area contributed by atoms with Crippen molar-refractivity contribution in [2.45, 2.75) is 45.6 Å². The molecule has 0 unspecified atom stereocenters. The Kier molecular flexibility index (Phi) is 5.25. The van der Waals surface area contributed by atoms with Crippen LogP contribution < -0.4 is 10.1 Å². The summed E-state index contributed by atoms with van der Waals surface area (Å²) >= 11 is 0. The van der Waals surface area contributed by atoms with Crippen molar-refractivity contribution in [2.24, 2.45) is 5.92 Å². The number of ether oxygens (including phenoxy) is 1. The summed E-state index contributed by atoms with van der Waals surface area (Å²) in [6.45, 7) is 3.45. The summed E-state index contributed by atoms with van der Waals surface area (Å²) in [7, 11) is 0. The summed E-state index contributed by atoms with van der Waals surface area (Å²) in [6.07, 6.45) is 5.51. The number of nitrogens with one attached hydrogen (secondary N) is 1. The van der Waals surface area contributed by atoms with Gasteiger partial charge in [-0.25, -0.2) is 0 Å². The van der Waals surface area contributed by atoms with Gasteiger partial charge in [0, 0.05) is 12.5 Å². The van der Waals surface area contributed by atoms with Crippen LogP contribution in [0.1, 0.15) is 44.6 Å². The highest BCUT2D eigenvalue weighted by atomic mass is 16.5. The molecule has 1 amide bonds. The molecule has 104 valence electrons. The third-order valence-corrected chi connectivity index (χ3v) is 3.59. The number of hydrogen-bond donors (Lipinski definition) is 1. The van der Waals surface area contributed by atoms with Gasteiger partial charge in [-0.3, -0.25) is 4.79 Å². The van der Waals surface area contributed by atoms with E-state index in [1.165, 1.54) is 12.8 Å². The van der Waals surface area contributed by atoms with Crippen molar-refractivity contribution in [3.63, 3.8) is 0 Å². The average Bonchev–Trinajstić information content (AvgIpc) is 2.98. The zero-order valence-corrected chi connectivity index (χ0v) is 11.7. The van der Waals surface area contributed by atoms with Crippen molar-refractivity contribution in [3.8, 4) is 5.75 Å². The lowest BCUT2D eigenvalue weighted by atomic mass is 10.1. The number of amides is 1. The van der Waals surface area contributed by atoms with E-state index in [-0.39, 0.29) is 11.8 Å². The average molecular weight is 261 g/mol. The maximum absolute atomic E-state index is 11.9. The first-order valence-electron chi connectivity index (χ1n) is 7.29. The molecule has 1 fully saturated rings. The second-order valence-corrected chi connectivity index (χ2v) is 5.19. The normalized spacial score (nSPS) is 15.4. The molecule has 0 aliphatic heterocycles. The second-order valence-electron chi connectivity index (χ2n) is 5.19. The summed E-state index contributed by atoms with van der Waals surface area (Å²) in [6, 6.07) is 7.96. The SMILES string of the molecule is CCCOc1ccc(CNC(=O)C2CCCC2)cc1. The van der Waals surface area contributed by atoms with Crippen LogP contribution in [0.4, 0.5) is 0 Å². The van der Waals surface area contributed by atoms with E-state index < -0.39 is 0 Å². The fourth-order valence-corrected chi connectivity index (χ4v) is 2.44. The van der Waals surface area contributed by atoms with E-state index in [2.05, 4.69) is 12.2 Å². The molecule has 0 saturated heterocycles. The lowest BCUT2D eigenvalue weighted by Crippen LogP contribution is -2.28. The van der Waals surface area contributed by atoms with Crippen molar-refractivity contribution < 1.29 is 9.53 Å². The molecule has 1 aliphatic carbocycles. The van der Waals surface area contributed by atoms with Gasteiger partial charge in [0.2, 0.25) is 5.91 Å². The van der Waals surface area contributed by atoms with Gasteiger partial charge in [-0.15, -0.1) is 0 Å². The van der Waals surface area contributed by atoms with Crippen molar-refractivity contribution in [1.29, 1.82) is 0 Å². The molecule has 3 heteroatoms. The third-order valence-electron chi connectivity index (χ3n) is 3.59. The van der Waals surface area contributed by atoms with E-state index in [9.17, 15) is 4.79 Å². The van der Waals surface area contributed by atoms with Crippen LogP contribution in [0.2, 0.25) is 0 Å². The number of rotatable bonds is 6. The van der Waals surface area contributed by atoms with Gasteiger partial charge in [0.15, 0.2) is 0 Å². The Morgan fingerprint density at radius 1 is 1.26 bits per heavy atom. The molecule has 0 radical (unpaired) electrons. The number of carbonyl (C=O) groups is 1. The van der Waals surface area contributed by atoms with Gasteiger partial charge in [0.05, 0.1) is 6.61 Å². The molecule has 1 aromatic carbocycles. The highest BCUT2D eigenvalue weighted by molar-refractivity contribution is 5.78. The molecule has 0 bridgehead atoms. The Balaban J connectivity index is 1.77. The molecule has 1 aromatic rings. The zero-order valence-electron chi connectivity index (χ0n) is 11.7. The molecule has 1 saturated carbocycles. The van der Waals surface area contributed by atoms with Gasteiger partial charge < -0.3 is 10.1 Å². The molecule has 0 aromatic heterocycles. The van der Waals surface area contributed by atoms with Crippen molar-refractivity contribution in [1.82, 2.24) is 5.32 Å². The van der Waals surface area contributed by atoms with Gasteiger partial charge in [0.25, 0.3) is 0 Å². The maximum Gasteiger partial charge on any atom is 0.223 e. The smallest absolute Gasteiger partial charge is 0.223 e. The van der Waals surface area contributed by atoms with Crippen LogP contribution in [-0.2, 0) is 11.3 Å². The first-order valence-corrected chi connectivity index (χ1v) is 7.29. The van der Waals surface area contributed by atoms with Crippen molar-refractivity contribution >= 4 is 5.91 Å². The summed E-state index contributed by atoms with van der Waals surface area (Å²) in [5, 5.41) is 3.02. The van der Waals surface area contributed by atoms with Crippen LogP contribution in [0.15, 0.2) is 24.3 Å². The van der Waals surface area contributed by atoms with Gasteiger partial charge in [-0.2, -0.15) is 0 Å². The molecular formula is C16H23NO2. The van der Waals surface area contributed by atoms with E-state index in [1.54, 1.807) is 0 Å². The standard InChI is InChI=1S/C16H23NO2/c1-2-11-19-15-9-7-13(8-10-15)12-17-16(18)14-5-3-4-6-14/h7-10,14H,2-6,11-12H2,1H3,(H,17,18). The zero-order chi connectivity index (χ0) is 13.5. The Morgan fingerprint density at radius 3 is 2.58 bits per heavy atom. The van der Waals surface area contributed by atoms with Crippen LogP contribution in [0.5, 0.6) is 5.75 Å². The molecule has 2 rings (SSSR count). The minimum absolute atomic E-state index is 0.212. The monoisotopic (exact) mass is 261 g/mol. The van der Waals surface area contributed by atoms with E-state index in [0.717, 1.165) is 37.2 Å². The molecule has 0 spiro atoms. The summed E-state index contributed by atoms with van der Waals surface area (Å²) in [5.74, 6) is 1.35. The quantitative estimate of drug-likeness (QED) is 0.853. The van der Waals surface area contributed by atoms with Gasteiger partial charge in [-0.1, -0.05) is 31.9 Å². The predicted molar refractivity (Wildman–Crippen MR) is 76.0 cm³/mol. The summed E-state index contributed by atoms with van der Waals surface area (Å²) in [5.41, 5.74) is 1.12. The Labute approximate surface area is 115 Å². The van der Waals surface area contributed by atoms with E-state index >= 15 is 0 Å². The molecule has 1 N–H and O–H groups in total. The lowest BCUT2D eigenvalue weighted by molar-refractivity contribution is -0.124. The Bertz CT molecular complexity index is 394. The first-order chi connectivity index (χ1) is 9.29. The largest absolute Gasteiger partial charge is 0.494 e. The lowest BCUT2D eigenvalue weighted by Gasteiger charge is -2.11. The molecule has 19 heavy (non-hydrogen) atoms. The highest BCUT2D eigenvalue weighted by Crippen LogP contribution is 2.24. The molecule has 0 heterocycles. The molecular weight excluding hydrogens is 238 g/mol. The Hall–Kier alpha value is -1.51. The topological polar surface area (TPSA) is 38.3 Å². The van der Waals surface area contributed by atoms with E-state index in [0.29, 0.717) is 6.54 Å². The second kappa shape index (κ2) is 7.17. The number of benzene rings is 1. The van der Waals surface area contributed by atoms with Crippen LogP contribution >= 0.6 is 0 Å². The van der Waals surface area contributed by atoms with Crippen molar-refractivity contribution in [2.75, 3.05) is 6.61 Å². The van der Waals surface area contributed by atoms with Gasteiger partial charge >= 0.3 is 0 Å². The van der Waals surface area contributed by atoms with E-state index in [1.807, 2.05) is 24.3 Å². The van der Waals surface area contributed by atoms with Crippen LogP contribution in [0.3, 0.4) is 0 Å². The fourth-order valence-electron chi connectivity index (χ4n) is 2.44. The van der Waals surface area contributed by atoms with Gasteiger partial charge in [-0.05, 0) is 37.0 Å². The first kappa shape index (κ1) is 13.9. The minimum atomic E-state index is 0.212. The summed E-state index contributed by atoms with van der Waals surface area (Å²) < 4.78 is 5.53.